The van der Waals surface area contributed by atoms with Crippen LogP contribution in [-0.4, -0.2) is 24.5 Å². The Bertz CT molecular complexity index is 985. The molecule has 0 unspecified atom stereocenters. The van der Waals surface area contributed by atoms with Gasteiger partial charge in [0.25, 0.3) is 11.6 Å². The van der Waals surface area contributed by atoms with Crippen LogP contribution in [0.5, 0.6) is 0 Å². The molecule has 0 bridgehead atoms. The van der Waals surface area contributed by atoms with E-state index in [0.717, 1.165) is 48.2 Å². The molecule has 0 aromatic heterocycles. The van der Waals surface area contributed by atoms with Crippen molar-refractivity contribution in [2.45, 2.75) is 57.4 Å². The van der Waals surface area contributed by atoms with Gasteiger partial charge in [0.05, 0.1) is 18.0 Å². The van der Waals surface area contributed by atoms with E-state index in [1.165, 1.54) is 6.42 Å². The van der Waals surface area contributed by atoms with E-state index in [4.69, 9.17) is 4.74 Å². The number of benzene rings is 2. The van der Waals surface area contributed by atoms with Crippen LogP contribution in [0, 0.1) is 0 Å². The lowest BCUT2D eigenvalue weighted by atomic mass is 9.95. The van der Waals surface area contributed by atoms with Crippen molar-refractivity contribution in [2.75, 3.05) is 16.3 Å². The van der Waals surface area contributed by atoms with Crippen LogP contribution in [-0.2, 0) is 21.9 Å². The third kappa shape index (κ3) is 2.74. The lowest BCUT2D eigenvalue weighted by molar-refractivity contribution is -0.146. The molecule has 5 rings (SSSR count). The van der Waals surface area contributed by atoms with E-state index in [9.17, 15) is 9.59 Å². The van der Waals surface area contributed by atoms with Gasteiger partial charge in [-0.1, -0.05) is 55.7 Å². The topological polar surface area (TPSA) is 61.9 Å². The predicted molar refractivity (Wildman–Crippen MR) is 115 cm³/mol. The van der Waals surface area contributed by atoms with Crippen LogP contribution in [0.4, 0.5) is 16.2 Å². The van der Waals surface area contributed by atoms with Gasteiger partial charge in [-0.05, 0) is 31.9 Å². The quantitative estimate of drug-likeness (QED) is 0.811. The number of carbonyl (C=O) groups is 2. The smallest absolute Gasteiger partial charge is 0.325 e. The van der Waals surface area contributed by atoms with E-state index in [0.29, 0.717) is 6.54 Å². The van der Waals surface area contributed by atoms with E-state index < -0.39 is 5.72 Å². The molecule has 1 spiro atoms. The van der Waals surface area contributed by atoms with Gasteiger partial charge in [0.15, 0.2) is 0 Å². The van der Waals surface area contributed by atoms with Crippen molar-refractivity contribution in [1.29, 1.82) is 0 Å². The molecule has 0 radical (unpaired) electrons. The fourth-order valence-corrected chi connectivity index (χ4v) is 5.08. The Balaban J connectivity index is 1.64. The number of nitrogens with zero attached hydrogens (tertiary/aromatic N) is 2. The monoisotopic (exact) mass is 405 g/mol. The normalized spacial score (nSPS) is 23.4. The molecule has 2 heterocycles. The van der Waals surface area contributed by atoms with Gasteiger partial charge < -0.3 is 15.0 Å². The van der Waals surface area contributed by atoms with Gasteiger partial charge in [-0.15, -0.1) is 0 Å². The van der Waals surface area contributed by atoms with Crippen molar-refractivity contribution >= 4 is 23.3 Å². The number of rotatable bonds is 2. The first-order valence-electron chi connectivity index (χ1n) is 10.9. The zero-order valence-corrected chi connectivity index (χ0v) is 17.3. The minimum atomic E-state index is -1.47. The number of nitrogens with one attached hydrogen (secondary N) is 1. The molecule has 156 valence electrons. The number of hydrogen-bond donors (Lipinski definition) is 1. The molecule has 0 saturated heterocycles. The van der Waals surface area contributed by atoms with Crippen LogP contribution in [0.2, 0.25) is 0 Å². The van der Waals surface area contributed by atoms with E-state index in [2.05, 4.69) is 5.32 Å². The zero-order valence-electron chi connectivity index (χ0n) is 17.3. The lowest BCUT2D eigenvalue weighted by Crippen LogP contribution is -2.62. The summed E-state index contributed by atoms with van der Waals surface area (Å²) in [4.78, 5) is 30.8. The van der Waals surface area contributed by atoms with Gasteiger partial charge >= 0.3 is 6.03 Å². The Morgan fingerprint density at radius 1 is 1.07 bits per heavy atom. The summed E-state index contributed by atoms with van der Waals surface area (Å²) in [5, 5.41) is 3.20. The number of anilines is 2. The van der Waals surface area contributed by atoms with Crippen LogP contribution in [0.1, 0.15) is 50.2 Å². The molecule has 3 aliphatic rings. The molecule has 2 aromatic rings. The maximum atomic E-state index is 13.8. The van der Waals surface area contributed by atoms with Crippen molar-refractivity contribution in [1.82, 2.24) is 5.32 Å². The highest BCUT2D eigenvalue weighted by Gasteiger charge is 2.60. The van der Waals surface area contributed by atoms with E-state index in [-0.39, 0.29) is 24.6 Å². The van der Waals surface area contributed by atoms with Gasteiger partial charge in [0.2, 0.25) is 0 Å². The molecular formula is C24H27N3O3. The number of ether oxygens (including phenoxy) is 1. The SMILES string of the molecule is CCN1C(=O)[C@@]2(OCc3ccccc3N2C(=O)NC2CCCCC2)c2ccccc21. The molecule has 1 saturated carbocycles. The van der Waals surface area contributed by atoms with Gasteiger partial charge in [-0.25, -0.2) is 4.79 Å². The fraction of sp³-hybridized carbons (Fsp3) is 0.417. The zero-order chi connectivity index (χ0) is 20.7. The van der Waals surface area contributed by atoms with Crippen LogP contribution < -0.4 is 15.1 Å². The highest BCUT2D eigenvalue weighted by molar-refractivity contribution is 6.13. The first kappa shape index (κ1) is 19.1. The number of hydrogen-bond acceptors (Lipinski definition) is 3. The molecule has 6 nitrogen and oxygen atoms in total. The minimum absolute atomic E-state index is 0.131. The molecule has 1 fully saturated rings. The lowest BCUT2D eigenvalue weighted by Gasteiger charge is -2.44. The first-order chi connectivity index (χ1) is 14.7. The van der Waals surface area contributed by atoms with Gasteiger partial charge in [0, 0.05) is 23.7 Å². The first-order valence-corrected chi connectivity index (χ1v) is 10.9. The van der Waals surface area contributed by atoms with E-state index in [1.54, 1.807) is 9.80 Å². The second-order valence-electron chi connectivity index (χ2n) is 8.25. The standard InChI is InChI=1S/C24H27N3O3/c1-2-26-21-15-9-7-13-19(21)24(22(26)28)27(20-14-8-6-10-17(20)16-30-24)23(29)25-18-11-4-3-5-12-18/h6-10,13-15,18H,2-5,11-12,16H2,1H3,(H,25,29)/t24-/m0/s1. The Labute approximate surface area is 176 Å². The van der Waals surface area contributed by atoms with Gasteiger partial charge in [-0.3, -0.25) is 9.69 Å². The number of urea groups is 1. The van der Waals surface area contributed by atoms with Crippen molar-refractivity contribution in [3.63, 3.8) is 0 Å². The van der Waals surface area contributed by atoms with E-state index in [1.807, 2.05) is 55.5 Å². The highest BCUT2D eigenvalue weighted by Crippen LogP contribution is 2.50. The van der Waals surface area contributed by atoms with Gasteiger partial charge in [0.1, 0.15) is 0 Å². The molecule has 2 aliphatic heterocycles. The Morgan fingerprint density at radius 3 is 2.53 bits per heavy atom. The second kappa shape index (κ2) is 7.43. The van der Waals surface area contributed by atoms with Crippen LogP contribution in [0.15, 0.2) is 48.5 Å². The molecule has 1 N–H and O–H groups in total. The van der Waals surface area contributed by atoms with Gasteiger partial charge in [-0.2, -0.15) is 0 Å². The van der Waals surface area contributed by atoms with Crippen molar-refractivity contribution < 1.29 is 14.3 Å². The number of carbonyl (C=O) groups excluding carboxylic acids is 2. The molecule has 6 heteroatoms. The summed E-state index contributed by atoms with van der Waals surface area (Å²) in [7, 11) is 0. The average molecular weight is 405 g/mol. The summed E-state index contributed by atoms with van der Waals surface area (Å²) >= 11 is 0. The van der Waals surface area contributed by atoms with Crippen LogP contribution >= 0.6 is 0 Å². The fourth-order valence-electron chi connectivity index (χ4n) is 5.08. The Kier molecular flexibility index (Phi) is 4.74. The molecule has 3 amide bonds. The number of para-hydroxylation sites is 2. The predicted octanol–water partition coefficient (Wildman–Crippen LogP) is 4.29. The van der Waals surface area contributed by atoms with Crippen LogP contribution in [0.25, 0.3) is 0 Å². The summed E-state index contributed by atoms with van der Waals surface area (Å²) in [6.07, 6.45) is 5.40. The summed E-state index contributed by atoms with van der Waals surface area (Å²) in [6, 6.07) is 15.2. The largest absolute Gasteiger partial charge is 0.338 e. The molecule has 30 heavy (non-hydrogen) atoms. The summed E-state index contributed by atoms with van der Waals surface area (Å²) in [5.41, 5.74) is 1.70. The van der Waals surface area contributed by atoms with E-state index >= 15 is 0 Å². The number of amides is 3. The number of likely N-dealkylation sites (N-methyl/N-ethyl adjacent to an activating group) is 1. The second-order valence-corrected chi connectivity index (χ2v) is 8.25. The third-order valence-corrected chi connectivity index (χ3v) is 6.53. The van der Waals surface area contributed by atoms with Crippen molar-refractivity contribution in [3.8, 4) is 0 Å². The summed E-state index contributed by atoms with van der Waals surface area (Å²) in [5.74, 6) is -0.209. The molecular weight excluding hydrogens is 378 g/mol. The summed E-state index contributed by atoms with van der Waals surface area (Å²) < 4.78 is 6.32. The van der Waals surface area contributed by atoms with Crippen LogP contribution in [0.3, 0.4) is 0 Å². The number of fused-ring (bicyclic) bond motifs is 3. The maximum absolute atomic E-state index is 13.8. The maximum Gasteiger partial charge on any atom is 0.325 e. The van der Waals surface area contributed by atoms with Crippen molar-refractivity contribution in [3.05, 3.63) is 59.7 Å². The highest BCUT2D eigenvalue weighted by atomic mass is 16.5. The average Bonchev–Trinajstić information content (AvgIpc) is 3.02. The Hall–Kier alpha value is -2.86. The minimum Gasteiger partial charge on any atom is -0.338 e. The summed E-state index contributed by atoms with van der Waals surface area (Å²) in [6.45, 7) is 2.73. The molecule has 2 aromatic carbocycles. The Morgan fingerprint density at radius 2 is 1.77 bits per heavy atom. The third-order valence-electron chi connectivity index (χ3n) is 6.53. The molecule has 1 aliphatic carbocycles. The molecule has 1 atom stereocenters. The van der Waals surface area contributed by atoms with Crippen molar-refractivity contribution in [2.24, 2.45) is 0 Å².